The number of carbonyl (C=O) groups is 2. The molecule has 74 valence electrons. The van der Waals surface area contributed by atoms with E-state index in [0.717, 1.165) is 9.65 Å². The molecule has 0 unspecified atom stereocenters. The van der Waals surface area contributed by atoms with Crippen molar-refractivity contribution in [2.45, 2.75) is 6.92 Å². The number of ether oxygens (including phenoxy) is 1. The van der Waals surface area contributed by atoms with Gasteiger partial charge in [-0.3, -0.25) is 0 Å². The Balaban J connectivity index is 2.40. The molecular formula is C11H6O3Se. The molecule has 1 aliphatic rings. The van der Waals surface area contributed by atoms with E-state index in [2.05, 4.69) is 17.7 Å². The molecule has 0 spiro atoms. The van der Waals surface area contributed by atoms with Crippen LogP contribution >= 0.6 is 0 Å². The Hall–Kier alpha value is -1.38. The number of cyclic esters (lactones) is 2. The Morgan fingerprint density at radius 3 is 2.47 bits per heavy atom. The van der Waals surface area contributed by atoms with Gasteiger partial charge in [0, 0.05) is 0 Å². The van der Waals surface area contributed by atoms with Crippen molar-refractivity contribution in [3.63, 3.8) is 0 Å². The standard InChI is InChI=1S/C11H6O3Se/c1-5-2-6-3-7-8(4-9(6)15-5)11(13)14-10(7)12/h2-4H,1H3. The minimum absolute atomic E-state index is 0.288. The fourth-order valence-corrected chi connectivity index (χ4v) is 3.73. The van der Waals surface area contributed by atoms with Crippen molar-refractivity contribution >= 4 is 36.1 Å². The van der Waals surface area contributed by atoms with Crippen LogP contribution in [0, 0.1) is 6.92 Å². The number of benzene rings is 1. The third-order valence-electron chi connectivity index (χ3n) is 2.40. The Kier molecular flexibility index (Phi) is 1.67. The Morgan fingerprint density at radius 1 is 1.07 bits per heavy atom. The summed E-state index contributed by atoms with van der Waals surface area (Å²) in [5, 5.41) is 1.05. The second-order valence-electron chi connectivity index (χ2n) is 3.47. The van der Waals surface area contributed by atoms with Crippen LogP contribution in [0.15, 0.2) is 18.2 Å². The fraction of sp³-hybridized carbons (Fsp3) is 0.0909. The zero-order chi connectivity index (χ0) is 10.6. The minimum atomic E-state index is -0.525. The van der Waals surface area contributed by atoms with Gasteiger partial charge in [0.05, 0.1) is 0 Å². The summed E-state index contributed by atoms with van der Waals surface area (Å²) < 4.78 is 7.01. The van der Waals surface area contributed by atoms with Gasteiger partial charge >= 0.3 is 91.1 Å². The van der Waals surface area contributed by atoms with Crippen LogP contribution in [0.2, 0.25) is 0 Å². The van der Waals surface area contributed by atoms with E-state index in [1.54, 1.807) is 12.1 Å². The average Bonchev–Trinajstić information content (AvgIpc) is 2.65. The van der Waals surface area contributed by atoms with Crippen molar-refractivity contribution in [2.75, 3.05) is 0 Å². The quantitative estimate of drug-likeness (QED) is 0.412. The molecule has 0 saturated carbocycles. The first-order valence-corrected chi connectivity index (χ1v) is 6.17. The SMILES string of the molecule is Cc1cc2cc3c(cc2[se]1)C(=O)OC3=O. The van der Waals surface area contributed by atoms with Crippen LogP contribution < -0.4 is 0 Å². The molecule has 1 aliphatic heterocycles. The molecule has 15 heavy (non-hydrogen) atoms. The summed E-state index contributed by atoms with van der Waals surface area (Å²) in [4.78, 5) is 22.6. The van der Waals surface area contributed by atoms with Crippen molar-refractivity contribution in [1.29, 1.82) is 0 Å². The van der Waals surface area contributed by atoms with Gasteiger partial charge in [-0.1, -0.05) is 0 Å². The molecule has 0 amide bonds. The summed E-state index contributed by atoms with van der Waals surface area (Å²) in [7, 11) is 0. The van der Waals surface area contributed by atoms with E-state index in [1.165, 1.54) is 4.44 Å². The van der Waals surface area contributed by atoms with E-state index in [-0.39, 0.29) is 14.5 Å². The number of fused-ring (bicyclic) bond motifs is 2. The zero-order valence-corrected chi connectivity index (χ0v) is 9.58. The molecule has 2 heterocycles. The fourth-order valence-electron chi connectivity index (χ4n) is 1.75. The first-order chi connectivity index (χ1) is 7.15. The number of rotatable bonds is 0. The second-order valence-corrected chi connectivity index (χ2v) is 6.17. The molecule has 0 fully saturated rings. The van der Waals surface area contributed by atoms with Crippen LogP contribution in [-0.2, 0) is 4.74 Å². The first kappa shape index (κ1) is 8.89. The van der Waals surface area contributed by atoms with E-state index in [4.69, 9.17) is 0 Å². The number of carbonyl (C=O) groups excluding carboxylic acids is 2. The van der Waals surface area contributed by atoms with Gasteiger partial charge in [-0.2, -0.15) is 0 Å². The van der Waals surface area contributed by atoms with Crippen LogP contribution in [0.4, 0.5) is 0 Å². The monoisotopic (exact) mass is 266 g/mol. The molecular weight excluding hydrogens is 259 g/mol. The normalized spacial score (nSPS) is 14.5. The van der Waals surface area contributed by atoms with Crippen LogP contribution in [0.3, 0.4) is 0 Å². The van der Waals surface area contributed by atoms with Gasteiger partial charge in [-0.05, 0) is 0 Å². The molecule has 0 aliphatic carbocycles. The molecule has 4 heteroatoms. The van der Waals surface area contributed by atoms with Gasteiger partial charge < -0.3 is 0 Å². The summed E-state index contributed by atoms with van der Waals surface area (Å²) in [6, 6.07) is 5.62. The van der Waals surface area contributed by atoms with Crippen molar-refractivity contribution in [1.82, 2.24) is 0 Å². The molecule has 0 bridgehead atoms. The van der Waals surface area contributed by atoms with E-state index < -0.39 is 11.9 Å². The van der Waals surface area contributed by atoms with Gasteiger partial charge in [0.25, 0.3) is 0 Å². The predicted octanol–water partition coefficient (Wildman–Crippen LogP) is 1.52. The van der Waals surface area contributed by atoms with Crippen molar-refractivity contribution in [3.8, 4) is 0 Å². The van der Waals surface area contributed by atoms with E-state index >= 15 is 0 Å². The number of hydrogen-bond acceptors (Lipinski definition) is 3. The topological polar surface area (TPSA) is 43.4 Å². The molecule has 0 saturated heterocycles. The molecule has 0 atom stereocenters. The molecule has 0 N–H and O–H groups in total. The molecule has 2 aromatic rings. The first-order valence-electron chi connectivity index (χ1n) is 4.46. The summed E-state index contributed by atoms with van der Waals surface area (Å²) in [5.41, 5.74) is 0.823. The van der Waals surface area contributed by atoms with E-state index in [0.29, 0.717) is 11.1 Å². The molecule has 3 nitrogen and oxygen atoms in total. The molecule has 0 radical (unpaired) electrons. The molecule has 3 rings (SSSR count). The van der Waals surface area contributed by atoms with Gasteiger partial charge in [0.15, 0.2) is 0 Å². The summed E-state index contributed by atoms with van der Waals surface area (Å²) in [5.74, 6) is -1.04. The van der Waals surface area contributed by atoms with Gasteiger partial charge in [-0.15, -0.1) is 0 Å². The van der Waals surface area contributed by atoms with Gasteiger partial charge in [0.2, 0.25) is 0 Å². The summed E-state index contributed by atoms with van der Waals surface area (Å²) in [6.07, 6.45) is 0. The number of esters is 2. The second kappa shape index (κ2) is 2.81. The van der Waals surface area contributed by atoms with Crippen LogP contribution in [0.1, 0.15) is 25.2 Å². The van der Waals surface area contributed by atoms with E-state index in [1.807, 2.05) is 0 Å². The maximum atomic E-state index is 11.3. The zero-order valence-electron chi connectivity index (χ0n) is 7.87. The van der Waals surface area contributed by atoms with E-state index in [9.17, 15) is 9.59 Å². The van der Waals surface area contributed by atoms with Crippen LogP contribution in [0.25, 0.3) is 9.65 Å². The average molecular weight is 265 g/mol. The van der Waals surface area contributed by atoms with Crippen molar-refractivity contribution in [2.24, 2.45) is 0 Å². The molecule has 1 aromatic carbocycles. The third kappa shape index (κ3) is 1.19. The van der Waals surface area contributed by atoms with Crippen molar-refractivity contribution in [3.05, 3.63) is 33.8 Å². The van der Waals surface area contributed by atoms with Crippen LogP contribution in [-0.4, -0.2) is 26.4 Å². The van der Waals surface area contributed by atoms with Gasteiger partial charge in [0.1, 0.15) is 0 Å². The third-order valence-corrected chi connectivity index (χ3v) is 4.53. The summed E-state index contributed by atoms with van der Waals surface area (Å²) in [6.45, 7) is 2.06. The number of hydrogen-bond donors (Lipinski definition) is 0. The maximum absolute atomic E-state index is 11.3. The van der Waals surface area contributed by atoms with Crippen LogP contribution in [0.5, 0.6) is 0 Å². The summed E-state index contributed by atoms with van der Waals surface area (Å²) >= 11 is 0.288. The molecule has 1 aromatic heterocycles. The predicted molar refractivity (Wildman–Crippen MR) is 55.4 cm³/mol. The van der Waals surface area contributed by atoms with Gasteiger partial charge in [-0.25, -0.2) is 0 Å². The van der Waals surface area contributed by atoms with Crippen molar-refractivity contribution < 1.29 is 14.3 Å². The Bertz CT molecular complexity index is 559. The number of aryl methyl sites for hydroxylation is 1. The Morgan fingerprint density at radius 2 is 1.73 bits per heavy atom. The Labute approximate surface area is 91.4 Å².